The van der Waals surface area contributed by atoms with Crippen LogP contribution in [0.1, 0.15) is 22.8 Å². The molecule has 1 amide bonds. The molecule has 0 heterocycles. The van der Waals surface area contributed by atoms with Crippen molar-refractivity contribution in [2.24, 2.45) is 0 Å². The van der Waals surface area contributed by atoms with E-state index in [1.807, 2.05) is 0 Å². The highest BCUT2D eigenvalue weighted by Gasteiger charge is 2.28. The zero-order chi connectivity index (χ0) is 20.0. The lowest BCUT2D eigenvalue weighted by Gasteiger charge is -2.17. The van der Waals surface area contributed by atoms with E-state index in [0.29, 0.717) is 17.7 Å². The second-order valence-electron chi connectivity index (χ2n) is 5.51. The first-order valence-corrected chi connectivity index (χ1v) is 7.98. The molecule has 2 aromatic carbocycles. The normalized spacial score (nSPS) is 11.5. The number of hydrogen-bond acceptors (Lipinski definition) is 5. The monoisotopic (exact) mass is 378 g/mol. The minimum atomic E-state index is -1.45. The van der Waals surface area contributed by atoms with Crippen molar-refractivity contribution >= 4 is 17.6 Å². The quantitative estimate of drug-likeness (QED) is 0.454. The fraction of sp³-hybridized carbons (Fsp3) is 0.222. The highest BCUT2D eigenvalue weighted by Crippen LogP contribution is 2.22. The van der Waals surface area contributed by atoms with Crippen LogP contribution in [-0.2, 0) is 16.0 Å². The Morgan fingerprint density at radius 2 is 1.81 bits per heavy atom. The van der Waals surface area contributed by atoms with Crippen molar-refractivity contribution in [2.75, 3.05) is 6.61 Å². The highest BCUT2D eigenvalue weighted by atomic mass is 19.2. The standard InChI is InChI=1S/C18H16F2N2O5/c1-2-27-18(24)15(8-11-6-4-3-5-7-11)21-17(23)12-9-13(19)14(20)10-16(12)22(25)26/h3-7,9-10,15H,2,8H2,1H3,(H,21,23). The van der Waals surface area contributed by atoms with Crippen LogP contribution in [0.25, 0.3) is 0 Å². The third kappa shape index (κ3) is 5.06. The van der Waals surface area contributed by atoms with Gasteiger partial charge < -0.3 is 10.1 Å². The number of nitrogens with zero attached hydrogens (tertiary/aromatic N) is 1. The Bertz CT molecular complexity index is 858. The van der Waals surface area contributed by atoms with Gasteiger partial charge in [-0.3, -0.25) is 14.9 Å². The van der Waals surface area contributed by atoms with Gasteiger partial charge in [-0.05, 0) is 18.6 Å². The van der Waals surface area contributed by atoms with Gasteiger partial charge in [0.25, 0.3) is 11.6 Å². The van der Waals surface area contributed by atoms with Crippen LogP contribution in [0, 0.1) is 21.7 Å². The average Bonchev–Trinajstić information content (AvgIpc) is 2.63. The molecule has 0 spiro atoms. The van der Waals surface area contributed by atoms with E-state index in [-0.39, 0.29) is 13.0 Å². The minimum absolute atomic E-state index is 0.0584. The molecule has 0 fully saturated rings. The molecule has 7 nitrogen and oxygen atoms in total. The van der Waals surface area contributed by atoms with Crippen molar-refractivity contribution in [2.45, 2.75) is 19.4 Å². The predicted octanol–water partition coefficient (Wildman–Crippen LogP) is 2.78. The highest BCUT2D eigenvalue weighted by molar-refractivity contribution is 6.00. The molecule has 142 valence electrons. The summed E-state index contributed by atoms with van der Waals surface area (Å²) in [5, 5.41) is 13.3. The summed E-state index contributed by atoms with van der Waals surface area (Å²) in [5.74, 6) is -4.71. The number of ether oxygens (including phenoxy) is 1. The zero-order valence-electron chi connectivity index (χ0n) is 14.3. The summed E-state index contributed by atoms with van der Waals surface area (Å²) in [5.41, 5.74) is -0.898. The lowest BCUT2D eigenvalue weighted by molar-refractivity contribution is -0.385. The molecule has 0 aromatic heterocycles. The van der Waals surface area contributed by atoms with Gasteiger partial charge >= 0.3 is 5.97 Å². The SMILES string of the molecule is CCOC(=O)C(Cc1ccccc1)NC(=O)c1cc(F)c(F)cc1[N+](=O)[O-]. The molecule has 9 heteroatoms. The summed E-state index contributed by atoms with van der Waals surface area (Å²) < 4.78 is 31.7. The Hall–Kier alpha value is -3.36. The Kier molecular flexibility index (Phi) is 6.53. The molecule has 1 atom stereocenters. The van der Waals surface area contributed by atoms with Gasteiger partial charge in [-0.2, -0.15) is 0 Å². The van der Waals surface area contributed by atoms with E-state index >= 15 is 0 Å². The first-order valence-electron chi connectivity index (χ1n) is 7.98. The first-order chi connectivity index (χ1) is 12.8. The number of rotatable bonds is 7. The van der Waals surface area contributed by atoms with E-state index < -0.39 is 45.7 Å². The topological polar surface area (TPSA) is 98.5 Å². The van der Waals surface area contributed by atoms with Crippen molar-refractivity contribution in [3.63, 3.8) is 0 Å². The molecule has 1 unspecified atom stereocenters. The van der Waals surface area contributed by atoms with E-state index in [2.05, 4.69) is 5.32 Å². The van der Waals surface area contributed by atoms with E-state index in [9.17, 15) is 28.5 Å². The van der Waals surface area contributed by atoms with Crippen molar-refractivity contribution in [1.29, 1.82) is 0 Å². The number of halogens is 2. The summed E-state index contributed by atoms with van der Waals surface area (Å²) in [6, 6.07) is 8.27. The molecule has 0 aliphatic heterocycles. The molecular weight excluding hydrogens is 362 g/mol. The maximum absolute atomic E-state index is 13.5. The number of carbonyl (C=O) groups excluding carboxylic acids is 2. The number of carbonyl (C=O) groups is 2. The van der Waals surface area contributed by atoms with Gasteiger partial charge in [0.15, 0.2) is 11.6 Å². The molecule has 0 aliphatic carbocycles. The largest absolute Gasteiger partial charge is 0.464 e. The second kappa shape index (κ2) is 8.84. The number of nitro groups is 1. The van der Waals surface area contributed by atoms with Gasteiger partial charge in [-0.15, -0.1) is 0 Å². The Labute approximate surface area is 153 Å². The summed E-state index contributed by atoms with van der Waals surface area (Å²) in [6.07, 6.45) is 0.0584. The number of esters is 1. The summed E-state index contributed by atoms with van der Waals surface area (Å²) in [6.45, 7) is 1.64. The van der Waals surface area contributed by atoms with E-state index in [4.69, 9.17) is 4.74 Å². The number of hydrogen-bond donors (Lipinski definition) is 1. The van der Waals surface area contributed by atoms with Crippen molar-refractivity contribution in [3.8, 4) is 0 Å². The van der Waals surface area contributed by atoms with Crippen molar-refractivity contribution in [3.05, 3.63) is 75.3 Å². The van der Waals surface area contributed by atoms with Gasteiger partial charge in [0, 0.05) is 6.42 Å². The molecule has 0 radical (unpaired) electrons. The smallest absolute Gasteiger partial charge is 0.328 e. The van der Waals surface area contributed by atoms with Crippen LogP contribution in [0.3, 0.4) is 0 Å². The molecule has 0 saturated carbocycles. The molecule has 2 aromatic rings. The third-order valence-corrected chi connectivity index (χ3v) is 3.64. The first kappa shape index (κ1) is 20.0. The number of benzene rings is 2. The lowest BCUT2D eigenvalue weighted by atomic mass is 10.0. The number of nitro benzene ring substituents is 1. The van der Waals surface area contributed by atoms with E-state index in [1.165, 1.54) is 0 Å². The summed E-state index contributed by atoms with van der Waals surface area (Å²) in [4.78, 5) is 34.6. The van der Waals surface area contributed by atoms with Gasteiger partial charge in [0.2, 0.25) is 0 Å². The van der Waals surface area contributed by atoms with E-state index in [0.717, 1.165) is 0 Å². The molecular formula is C18H16F2N2O5. The lowest BCUT2D eigenvalue weighted by Crippen LogP contribution is -2.43. The molecule has 0 saturated heterocycles. The second-order valence-corrected chi connectivity index (χ2v) is 5.51. The molecule has 0 bridgehead atoms. The average molecular weight is 378 g/mol. The Morgan fingerprint density at radius 1 is 1.19 bits per heavy atom. The van der Waals surface area contributed by atoms with Crippen LogP contribution < -0.4 is 5.32 Å². The van der Waals surface area contributed by atoms with Crippen LogP contribution >= 0.6 is 0 Å². The van der Waals surface area contributed by atoms with Crippen LogP contribution in [0.5, 0.6) is 0 Å². The van der Waals surface area contributed by atoms with Gasteiger partial charge in [0.05, 0.1) is 17.6 Å². The summed E-state index contributed by atoms with van der Waals surface area (Å²) >= 11 is 0. The molecule has 0 aliphatic rings. The summed E-state index contributed by atoms with van der Waals surface area (Å²) in [7, 11) is 0. The van der Waals surface area contributed by atoms with Crippen LogP contribution in [0.4, 0.5) is 14.5 Å². The van der Waals surface area contributed by atoms with Crippen LogP contribution in [0.15, 0.2) is 42.5 Å². The van der Waals surface area contributed by atoms with Crippen LogP contribution in [0.2, 0.25) is 0 Å². The maximum Gasteiger partial charge on any atom is 0.328 e. The number of nitrogens with one attached hydrogen (secondary N) is 1. The molecule has 27 heavy (non-hydrogen) atoms. The number of amides is 1. The third-order valence-electron chi connectivity index (χ3n) is 3.64. The van der Waals surface area contributed by atoms with Crippen LogP contribution in [-0.4, -0.2) is 29.4 Å². The fourth-order valence-electron chi connectivity index (χ4n) is 2.39. The minimum Gasteiger partial charge on any atom is -0.464 e. The van der Waals surface area contributed by atoms with E-state index in [1.54, 1.807) is 37.3 Å². The maximum atomic E-state index is 13.5. The molecule has 2 rings (SSSR count). The van der Waals surface area contributed by atoms with Crippen molar-refractivity contribution in [1.82, 2.24) is 5.32 Å². The van der Waals surface area contributed by atoms with Crippen molar-refractivity contribution < 1.29 is 28.0 Å². The van der Waals surface area contributed by atoms with Gasteiger partial charge in [-0.1, -0.05) is 30.3 Å². The van der Waals surface area contributed by atoms with Gasteiger partial charge in [-0.25, -0.2) is 13.6 Å². The molecule has 1 N–H and O–H groups in total. The zero-order valence-corrected chi connectivity index (χ0v) is 14.3. The fourth-order valence-corrected chi connectivity index (χ4v) is 2.39. The Morgan fingerprint density at radius 3 is 2.41 bits per heavy atom. The van der Waals surface area contributed by atoms with Gasteiger partial charge in [0.1, 0.15) is 11.6 Å². The predicted molar refractivity (Wildman–Crippen MR) is 91.0 cm³/mol. The Balaban J connectivity index is 2.31.